The Balaban J connectivity index is 1.27. The van der Waals surface area contributed by atoms with Gasteiger partial charge in [0, 0.05) is 17.1 Å². The molecule has 4 aromatic rings. The van der Waals surface area contributed by atoms with Gasteiger partial charge in [0.1, 0.15) is 24.1 Å². The molecular weight excluding hydrogens is 591 g/mol. The Bertz CT molecular complexity index is 1550. The third kappa shape index (κ3) is 5.79. The van der Waals surface area contributed by atoms with Crippen molar-refractivity contribution in [1.29, 1.82) is 0 Å². The van der Waals surface area contributed by atoms with Gasteiger partial charge >= 0.3 is 6.18 Å². The number of nitrogen functional groups attached to an aromatic ring is 1. The van der Waals surface area contributed by atoms with Crippen LogP contribution in [-0.4, -0.2) is 49.2 Å². The summed E-state index contributed by atoms with van der Waals surface area (Å²) in [5.41, 5.74) is 6.90. The van der Waals surface area contributed by atoms with Gasteiger partial charge in [0.25, 0.3) is 0 Å². The second-order valence-corrected chi connectivity index (χ2v) is 10.7. The first-order chi connectivity index (χ1) is 19.0. The Labute approximate surface area is 235 Å². The summed E-state index contributed by atoms with van der Waals surface area (Å²) in [6, 6.07) is 11.1. The van der Waals surface area contributed by atoms with Crippen LogP contribution in [0.2, 0.25) is 0 Å². The number of aryl methyl sites for hydroxylation is 1. The van der Waals surface area contributed by atoms with Gasteiger partial charge in [-0.25, -0.2) is 15.0 Å². The molecule has 0 radical (unpaired) electrons. The molecule has 1 aliphatic carbocycles. The Morgan fingerprint density at radius 2 is 1.85 bits per heavy atom. The standard InChI is InChI=1S/C28H25BrF3N5O3/c29-20-10-16-3-1-14(9-21(16)36-26(20)33)2-4-17-11-22(25(40)24(17)39)37-27-19(12-34-13-35-27)23(38)15-5-7-18(8-6-15)28(30,31)32/h1,3,5-10,12-13,17,22,24-25,39-40H,2,4,11H2,(H2,33,36)(H,34,35,37)/t17-,22+,24+,25-/m0/s1. The van der Waals surface area contributed by atoms with Crippen LogP contribution in [0, 0.1) is 5.92 Å². The molecule has 4 atom stereocenters. The van der Waals surface area contributed by atoms with Crippen LogP contribution in [0.5, 0.6) is 0 Å². The lowest BCUT2D eigenvalue weighted by atomic mass is 9.95. The van der Waals surface area contributed by atoms with Gasteiger partial charge < -0.3 is 21.3 Å². The third-order valence-electron chi connectivity index (χ3n) is 7.22. The fourth-order valence-electron chi connectivity index (χ4n) is 5.02. The highest BCUT2D eigenvalue weighted by atomic mass is 79.9. The molecule has 40 heavy (non-hydrogen) atoms. The number of carbonyl (C=O) groups is 1. The molecule has 1 saturated carbocycles. The molecule has 0 amide bonds. The first-order valence-corrected chi connectivity index (χ1v) is 13.3. The van der Waals surface area contributed by atoms with E-state index >= 15 is 0 Å². The summed E-state index contributed by atoms with van der Waals surface area (Å²) in [4.78, 5) is 25.5. The maximum Gasteiger partial charge on any atom is 0.416 e. The number of hydrogen-bond acceptors (Lipinski definition) is 8. The summed E-state index contributed by atoms with van der Waals surface area (Å²) in [6.45, 7) is 0. The van der Waals surface area contributed by atoms with Crippen LogP contribution in [0.4, 0.5) is 24.8 Å². The smallest absolute Gasteiger partial charge is 0.390 e. The number of carbonyl (C=O) groups excluding carboxylic acids is 1. The molecule has 208 valence electrons. The number of aliphatic hydroxyl groups excluding tert-OH is 2. The number of pyridine rings is 1. The summed E-state index contributed by atoms with van der Waals surface area (Å²) in [5.74, 6) is -0.281. The number of fused-ring (bicyclic) bond motifs is 1. The predicted octanol–water partition coefficient (Wildman–Crippen LogP) is 4.77. The van der Waals surface area contributed by atoms with Crippen molar-refractivity contribution in [1.82, 2.24) is 15.0 Å². The highest BCUT2D eigenvalue weighted by Crippen LogP contribution is 2.34. The normalized spacial score (nSPS) is 21.1. The summed E-state index contributed by atoms with van der Waals surface area (Å²) in [6.07, 6.45) is -2.51. The van der Waals surface area contributed by atoms with Gasteiger partial charge in [-0.3, -0.25) is 4.79 Å². The predicted molar refractivity (Wildman–Crippen MR) is 147 cm³/mol. The molecular formula is C28H25BrF3N5O3. The highest BCUT2D eigenvalue weighted by molar-refractivity contribution is 9.10. The lowest BCUT2D eigenvalue weighted by Crippen LogP contribution is -2.35. The third-order valence-corrected chi connectivity index (χ3v) is 7.86. The van der Waals surface area contributed by atoms with Gasteiger partial charge in [0.2, 0.25) is 0 Å². The van der Waals surface area contributed by atoms with E-state index in [1.807, 2.05) is 24.3 Å². The van der Waals surface area contributed by atoms with Crippen molar-refractivity contribution in [2.45, 2.75) is 43.7 Å². The van der Waals surface area contributed by atoms with E-state index in [9.17, 15) is 28.2 Å². The van der Waals surface area contributed by atoms with Gasteiger partial charge in [-0.15, -0.1) is 0 Å². The average Bonchev–Trinajstić information content (AvgIpc) is 3.20. The van der Waals surface area contributed by atoms with Crippen molar-refractivity contribution in [2.75, 3.05) is 11.1 Å². The maximum atomic E-state index is 13.1. The second kappa shape index (κ2) is 11.1. The lowest BCUT2D eigenvalue weighted by Gasteiger charge is -2.20. The van der Waals surface area contributed by atoms with Crippen molar-refractivity contribution in [3.63, 3.8) is 0 Å². The molecule has 2 heterocycles. The average molecular weight is 616 g/mol. The quantitative estimate of drug-likeness (QED) is 0.218. The van der Waals surface area contributed by atoms with Crippen LogP contribution in [0.1, 0.15) is 39.9 Å². The molecule has 0 aliphatic heterocycles. The van der Waals surface area contributed by atoms with Crippen LogP contribution >= 0.6 is 15.9 Å². The molecule has 1 fully saturated rings. The number of ketones is 1. The number of anilines is 2. The van der Waals surface area contributed by atoms with E-state index in [0.717, 1.165) is 45.2 Å². The van der Waals surface area contributed by atoms with Crippen molar-refractivity contribution in [3.8, 4) is 0 Å². The number of nitrogens with one attached hydrogen (secondary N) is 1. The molecule has 0 unspecified atom stereocenters. The summed E-state index contributed by atoms with van der Waals surface area (Å²) >= 11 is 3.38. The molecule has 5 rings (SSSR count). The van der Waals surface area contributed by atoms with Crippen LogP contribution in [0.15, 0.2) is 65.5 Å². The summed E-state index contributed by atoms with van der Waals surface area (Å²) in [5, 5.41) is 25.5. The van der Waals surface area contributed by atoms with Gasteiger partial charge in [-0.2, -0.15) is 13.2 Å². The van der Waals surface area contributed by atoms with Crippen molar-refractivity contribution >= 4 is 44.3 Å². The number of aromatic nitrogens is 3. The highest BCUT2D eigenvalue weighted by Gasteiger charge is 2.41. The molecule has 0 spiro atoms. The minimum Gasteiger partial charge on any atom is -0.390 e. The Kier molecular flexibility index (Phi) is 7.76. The van der Waals surface area contributed by atoms with Crippen LogP contribution in [0.3, 0.4) is 0 Å². The number of nitrogens with zero attached hydrogens (tertiary/aromatic N) is 3. The number of hydrogen-bond donors (Lipinski definition) is 4. The molecule has 0 bridgehead atoms. The lowest BCUT2D eigenvalue weighted by molar-refractivity contribution is -0.137. The number of nitrogens with two attached hydrogens (primary N) is 1. The van der Waals surface area contributed by atoms with E-state index in [-0.39, 0.29) is 22.9 Å². The zero-order chi connectivity index (χ0) is 28.6. The van der Waals surface area contributed by atoms with Gasteiger partial charge in [0.15, 0.2) is 5.78 Å². The van der Waals surface area contributed by atoms with E-state index in [0.29, 0.717) is 25.1 Å². The zero-order valence-corrected chi connectivity index (χ0v) is 22.5. The fraction of sp³-hybridized carbons (Fsp3) is 0.286. The number of rotatable bonds is 7. The minimum absolute atomic E-state index is 0.0368. The van der Waals surface area contributed by atoms with E-state index in [2.05, 4.69) is 36.2 Å². The van der Waals surface area contributed by atoms with Crippen LogP contribution in [0.25, 0.3) is 10.9 Å². The Morgan fingerprint density at radius 3 is 2.58 bits per heavy atom. The molecule has 2 aromatic carbocycles. The molecule has 0 saturated heterocycles. The topological polar surface area (TPSA) is 134 Å². The van der Waals surface area contributed by atoms with E-state index in [1.54, 1.807) is 0 Å². The van der Waals surface area contributed by atoms with Crippen LogP contribution in [-0.2, 0) is 12.6 Å². The molecule has 5 N–H and O–H groups in total. The van der Waals surface area contributed by atoms with E-state index < -0.39 is 35.8 Å². The largest absolute Gasteiger partial charge is 0.416 e. The van der Waals surface area contributed by atoms with E-state index in [4.69, 9.17) is 5.73 Å². The monoisotopic (exact) mass is 615 g/mol. The van der Waals surface area contributed by atoms with Crippen molar-refractivity contribution in [3.05, 3.63) is 87.8 Å². The summed E-state index contributed by atoms with van der Waals surface area (Å²) < 4.78 is 39.4. The van der Waals surface area contributed by atoms with Gasteiger partial charge in [-0.1, -0.05) is 24.3 Å². The molecule has 8 nitrogen and oxygen atoms in total. The molecule has 1 aliphatic rings. The molecule has 2 aromatic heterocycles. The Morgan fingerprint density at radius 1 is 1.10 bits per heavy atom. The Hall–Kier alpha value is -3.61. The zero-order valence-electron chi connectivity index (χ0n) is 20.9. The number of halogens is 4. The van der Waals surface area contributed by atoms with Crippen molar-refractivity contribution in [2.24, 2.45) is 5.92 Å². The molecule has 12 heteroatoms. The van der Waals surface area contributed by atoms with Gasteiger partial charge in [-0.05, 0) is 70.9 Å². The second-order valence-electron chi connectivity index (χ2n) is 9.84. The number of benzene rings is 2. The number of aliphatic hydroxyl groups is 2. The van der Waals surface area contributed by atoms with Crippen molar-refractivity contribution < 1.29 is 28.2 Å². The van der Waals surface area contributed by atoms with Crippen LogP contribution < -0.4 is 11.1 Å². The van der Waals surface area contributed by atoms with E-state index in [1.165, 1.54) is 12.5 Å². The SMILES string of the molecule is Nc1nc2cc(CC[C@H]3C[C@@H](Nc4ncncc4C(=O)c4ccc(C(F)(F)F)cc4)[C@H](O)[C@@H]3O)ccc2cc1Br. The minimum atomic E-state index is -4.52. The van der Waals surface area contributed by atoms with Gasteiger partial charge in [0.05, 0.1) is 33.3 Å². The summed E-state index contributed by atoms with van der Waals surface area (Å²) in [7, 11) is 0. The number of alkyl halides is 3. The first kappa shape index (κ1) is 27.9. The maximum absolute atomic E-state index is 13.1. The fourth-order valence-corrected chi connectivity index (χ4v) is 5.35. The first-order valence-electron chi connectivity index (χ1n) is 12.5.